The number of sulfone groups is 1. The molecule has 3 atom stereocenters. The Hall–Kier alpha value is -1.11. The number of rotatable bonds is 6. The Labute approximate surface area is 112 Å². The summed E-state index contributed by atoms with van der Waals surface area (Å²) in [6.45, 7) is 0. The van der Waals surface area contributed by atoms with Crippen LogP contribution in [-0.2, 0) is 19.4 Å². The smallest absolute Gasteiger partial charge is 0.326 e. The SMILES string of the molecule is CS(=O)(=O)CCC(NC(=O)C1CC2CC2C1)C(=O)O. The van der Waals surface area contributed by atoms with Crippen molar-refractivity contribution in [2.45, 2.75) is 31.7 Å². The highest BCUT2D eigenvalue weighted by molar-refractivity contribution is 7.90. The van der Waals surface area contributed by atoms with Crippen LogP contribution in [0.1, 0.15) is 25.7 Å². The molecule has 2 aliphatic rings. The van der Waals surface area contributed by atoms with Gasteiger partial charge < -0.3 is 10.4 Å². The van der Waals surface area contributed by atoms with E-state index in [2.05, 4.69) is 5.32 Å². The summed E-state index contributed by atoms with van der Waals surface area (Å²) in [6.07, 6.45) is 3.85. The third-order valence-electron chi connectivity index (χ3n) is 4.01. The van der Waals surface area contributed by atoms with Crippen molar-refractivity contribution >= 4 is 21.7 Å². The lowest BCUT2D eigenvalue weighted by Gasteiger charge is -2.17. The van der Waals surface area contributed by atoms with Crippen molar-refractivity contribution in [3.8, 4) is 0 Å². The average Bonchev–Trinajstić information content (AvgIpc) is 2.89. The van der Waals surface area contributed by atoms with Gasteiger partial charge in [0.05, 0.1) is 5.75 Å². The molecule has 19 heavy (non-hydrogen) atoms. The topological polar surface area (TPSA) is 101 Å². The second-order valence-electron chi connectivity index (χ2n) is 5.74. The van der Waals surface area contributed by atoms with Crippen molar-refractivity contribution in [1.82, 2.24) is 5.32 Å². The normalized spacial score (nSPS) is 30.5. The van der Waals surface area contributed by atoms with Gasteiger partial charge in [-0.1, -0.05) is 0 Å². The predicted octanol–water partition coefficient (Wildman–Crippen LogP) is 0.0366. The summed E-state index contributed by atoms with van der Waals surface area (Å²) in [5.74, 6) is -0.456. The third-order valence-corrected chi connectivity index (χ3v) is 4.98. The minimum absolute atomic E-state index is 0.0838. The fourth-order valence-electron chi connectivity index (χ4n) is 2.81. The van der Waals surface area contributed by atoms with Gasteiger partial charge in [0.25, 0.3) is 0 Å². The fourth-order valence-corrected chi connectivity index (χ4v) is 3.47. The molecule has 2 rings (SSSR count). The van der Waals surface area contributed by atoms with E-state index >= 15 is 0 Å². The molecule has 0 radical (unpaired) electrons. The van der Waals surface area contributed by atoms with Crippen LogP contribution < -0.4 is 5.32 Å². The number of carboxylic acids is 1. The van der Waals surface area contributed by atoms with E-state index in [0.29, 0.717) is 11.8 Å². The lowest BCUT2D eigenvalue weighted by molar-refractivity contribution is -0.142. The first kappa shape index (κ1) is 14.3. The molecular formula is C12H19NO5S. The number of hydrogen-bond donors (Lipinski definition) is 2. The van der Waals surface area contributed by atoms with Crippen LogP contribution in [-0.4, -0.2) is 43.5 Å². The van der Waals surface area contributed by atoms with Crippen LogP contribution in [0.5, 0.6) is 0 Å². The molecule has 0 aromatic rings. The Kier molecular flexibility index (Phi) is 3.85. The second-order valence-corrected chi connectivity index (χ2v) is 8.00. The minimum atomic E-state index is -3.22. The van der Waals surface area contributed by atoms with E-state index in [4.69, 9.17) is 5.11 Å². The van der Waals surface area contributed by atoms with Crippen molar-refractivity contribution in [3.05, 3.63) is 0 Å². The van der Waals surface area contributed by atoms with E-state index < -0.39 is 21.8 Å². The van der Waals surface area contributed by atoms with Gasteiger partial charge in [0.2, 0.25) is 5.91 Å². The molecule has 0 aromatic heterocycles. The quantitative estimate of drug-likeness (QED) is 0.719. The van der Waals surface area contributed by atoms with Crippen molar-refractivity contribution < 1.29 is 23.1 Å². The van der Waals surface area contributed by atoms with Crippen molar-refractivity contribution in [2.75, 3.05) is 12.0 Å². The number of carbonyl (C=O) groups is 2. The average molecular weight is 289 g/mol. The van der Waals surface area contributed by atoms with Gasteiger partial charge in [0.1, 0.15) is 15.9 Å². The fraction of sp³-hybridized carbons (Fsp3) is 0.833. The number of fused-ring (bicyclic) bond motifs is 1. The van der Waals surface area contributed by atoms with Crippen molar-refractivity contribution in [3.63, 3.8) is 0 Å². The maximum atomic E-state index is 11.9. The first-order valence-corrected chi connectivity index (χ1v) is 8.53. The highest BCUT2D eigenvalue weighted by atomic mass is 32.2. The van der Waals surface area contributed by atoms with Gasteiger partial charge in [-0.2, -0.15) is 0 Å². The van der Waals surface area contributed by atoms with Gasteiger partial charge in [-0.3, -0.25) is 4.79 Å². The molecule has 7 heteroatoms. The molecular weight excluding hydrogens is 270 g/mol. The molecule has 0 aliphatic heterocycles. The Morgan fingerprint density at radius 3 is 2.32 bits per heavy atom. The van der Waals surface area contributed by atoms with Gasteiger partial charge in [-0.05, 0) is 37.5 Å². The number of aliphatic carboxylic acids is 1. The summed E-state index contributed by atoms with van der Waals surface area (Å²) in [4.78, 5) is 23.0. The van der Waals surface area contributed by atoms with E-state index in [1.807, 2.05) is 0 Å². The molecule has 2 aliphatic carbocycles. The van der Waals surface area contributed by atoms with Gasteiger partial charge >= 0.3 is 5.97 Å². The Morgan fingerprint density at radius 2 is 1.84 bits per heavy atom. The first-order chi connectivity index (χ1) is 8.76. The molecule has 0 aromatic carbocycles. The number of carbonyl (C=O) groups excluding carboxylic acids is 1. The van der Waals surface area contributed by atoms with E-state index in [9.17, 15) is 18.0 Å². The van der Waals surface area contributed by atoms with Crippen LogP contribution in [0.2, 0.25) is 0 Å². The molecule has 2 saturated carbocycles. The monoisotopic (exact) mass is 289 g/mol. The van der Waals surface area contributed by atoms with Crippen LogP contribution in [0.15, 0.2) is 0 Å². The molecule has 1 amide bonds. The lowest BCUT2D eigenvalue weighted by atomic mass is 10.0. The van der Waals surface area contributed by atoms with Crippen molar-refractivity contribution in [1.29, 1.82) is 0 Å². The summed E-state index contributed by atoms with van der Waals surface area (Å²) in [6, 6.07) is -1.11. The minimum Gasteiger partial charge on any atom is -0.480 e. The Morgan fingerprint density at radius 1 is 1.26 bits per heavy atom. The number of carboxylic acid groups (broad SMARTS) is 1. The van der Waals surface area contributed by atoms with Crippen LogP contribution >= 0.6 is 0 Å². The molecule has 6 nitrogen and oxygen atoms in total. The molecule has 0 spiro atoms. The van der Waals surface area contributed by atoms with Crippen LogP contribution in [0, 0.1) is 17.8 Å². The van der Waals surface area contributed by atoms with Crippen molar-refractivity contribution in [2.24, 2.45) is 17.8 Å². The zero-order valence-corrected chi connectivity index (χ0v) is 11.6. The largest absolute Gasteiger partial charge is 0.480 e. The summed E-state index contributed by atoms with van der Waals surface area (Å²) in [5.41, 5.74) is 0. The molecule has 0 heterocycles. The van der Waals surface area contributed by atoms with E-state index in [0.717, 1.165) is 19.1 Å². The molecule has 2 fully saturated rings. The number of hydrogen-bond acceptors (Lipinski definition) is 4. The standard InChI is InChI=1S/C12H19NO5S/c1-19(17,18)3-2-10(12(15)16)13-11(14)9-5-7-4-8(7)6-9/h7-10H,2-6H2,1H3,(H,13,14)(H,15,16). The first-order valence-electron chi connectivity index (χ1n) is 6.47. The summed E-state index contributed by atoms with van der Waals surface area (Å²) < 4.78 is 22.1. The Balaban J connectivity index is 1.85. The van der Waals surface area contributed by atoms with E-state index in [-0.39, 0.29) is 24.0 Å². The van der Waals surface area contributed by atoms with Crippen LogP contribution in [0.25, 0.3) is 0 Å². The molecule has 3 unspecified atom stereocenters. The van der Waals surface area contributed by atoms with Gasteiger partial charge in [-0.25, -0.2) is 13.2 Å². The van der Waals surface area contributed by atoms with Gasteiger partial charge in [0, 0.05) is 12.2 Å². The maximum Gasteiger partial charge on any atom is 0.326 e. The summed E-state index contributed by atoms with van der Waals surface area (Å²) in [7, 11) is -3.22. The summed E-state index contributed by atoms with van der Waals surface area (Å²) >= 11 is 0. The lowest BCUT2D eigenvalue weighted by Crippen LogP contribution is -2.44. The van der Waals surface area contributed by atoms with Gasteiger partial charge in [-0.15, -0.1) is 0 Å². The molecule has 0 saturated heterocycles. The molecule has 108 valence electrons. The summed E-state index contributed by atoms with van der Waals surface area (Å²) in [5, 5.41) is 11.5. The zero-order valence-electron chi connectivity index (χ0n) is 10.8. The highest BCUT2D eigenvalue weighted by Gasteiger charge is 2.48. The zero-order chi connectivity index (χ0) is 14.2. The highest BCUT2D eigenvalue weighted by Crippen LogP contribution is 2.54. The molecule has 2 N–H and O–H groups in total. The third kappa shape index (κ3) is 3.92. The Bertz CT molecular complexity index is 476. The maximum absolute atomic E-state index is 11.9. The number of nitrogens with one attached hydrogen (secondary N) is 1. The van der Waals surface area contributed by atoms with Gasteiger partial charge in [0.15, 0.2) is 0 Å². The van der Waals surface area contributed by atoms with E-state index in [1.54, 1.807) is 0 Å². The number of amides is 1. The predicted molar refractivity (Wildman–Crippen MR) is 68.2 cm³/mol. The van der Waals surface area contributed by atoms with Crippen LogP contribution in [0.3, 0.4) is 0 Å². The van der Waals surface area contributed by atoms with Crippen LogP contribution in [0.4, 0.5) is 0 Å². The molecule has 0 bridgehead atoms. The van der Waals surface area contributed by atoms with E-state index in [1.165, 1.54) is 6.42 Å². The second kappa shape index (κ2) is 5.11.